The number of aromatic nitrogens is 1. The first-order valence-corrected chi connectivity index (χ1v) is 13.2. The van der Waals surface area contributed by atoms with Gasteiger partial charge in [0, 0.05) is 19.7 Å². The number of carbonyl (C=O) groups excluding carboxylic acids is 3. The van der Waals surface area contributed by atoms with Gasteiger partial charge in [0.2, 0.25) is 5.91 Å². The number of rotatable bonds is 11. The minimum atomic E-state index is -1.02. The fourth-order valence-corrected chi connectivity index (χ4v) is 5.08. The molecule has 0 radical (unpaired) electrons. The average molecular weight is 538 g/mol. The smallest absolute Gasteiger partial charge is 0.270 e. The molecule has 4 rings (SSSR count). The van der Waals surface area contributed by atoms with Crippen molar-refractivity contribution in [3.05, 3.63) is 76.3 Å². The minimum absolute atomic E-state index is 0.0394. The Kier molecular flexibility index (Phi) is 8.93. The number of ether oxygens (including phenoxy) is 2. The second kappa shape index (κ2) is 12.5. The van der Waals surface area contributed by atoms with E-state index in [0.29, 0.717) is 31.1 Å². The number of nitrogens with two attached hydrogens (primary N) is 2. The summed E-state index contributed by atoms with van der Waals surface area (Å²) in [5.74, 6) is -1.09. The zero-order valence-electron chi connectivity index (χ0n) is 21.1. The van der Waals surface area contributed by atoms with Crippen molar-refractivity contribution in [3.8, 4) is 5.75 Å². The molecule has 38 heavy (non-hydrogen) atoms. The van der Waals surface area contributed by atoms with Gasteiger partial charge in [0.1, 0.15) is 16.7 Å². The van der Waals surface area contributed by atoms with Gasteiger partial charge >= 0.3 is 0 Å². The van der Waals surface area contributed by atoms with Crippen LogP contribution < -0.4 is 21.5 Å². The predicted molar refractivity (Wildman–Crippen MR) is 144 cm³/mol. The summed E-state index contributed by atoms with van der Waals surface area (Å²) >= 11 is 0.780. The number of nitrogens with zero attached hydrogens (tertiary/aromatic N) is 2. The lowest BCUT2D eigenvalue weighted by Crippen LogP contribution is -2.45. The number of anilines is 1. The van der Waals surface area contributed by atoms with Crippen LogP contribution in [0.15, 0.2) is 54.6 Å². The molecule has 0 unspecified atom stereocenters. The van der Waals surface area contributed by atoms with E-state index >= 15 is 0 Å². The van der Waals surface area contributed by atoms with Gasteiger partial charge in [-0.15, -0.1) is 0 Å². The van der Waals surface area contributed by atoms with Crippen molar-refractivity contribution < 1.29 is 23.9 Å². The quantitative estimate of drug-likeness (QED) is 0.340. The molecule has 2 atom stereocenters. The number of carbonyl (C=O) groups is 3. The van der Waals surface area contributed by atoms with E-state index in [0.717, 1.165) is 29.9 Å². The fraction of sp³-hybridized carbons (Fsp3) is 0.333. The molecule has 3 aromatic rings. The molecule has 0 bridgehead atoms. The van der Waals surface area contributed by atoms with Crippen LogP contribution in [0.4, 0.5) is 5.69 Å². The molecular formula is C27H31N5O5S. The third-order valence-corrected chi connectivity index (χ3v) is 7.06. The van der Waals surface area contributed by atoms with Crippen LogP contribution >= 0.6 is 11.5 Å². The summed E-state index contributed by atoms with van der Waals surface area (Å²) in [6.07, 6.45) is 1.72. The van der Waals surface area contributed by atoms with Crippen molar-refractivity contribution in [2.24, 2.45) is 5.73 Å². The molecule has 1 saturated heterocycles. The lowest BCUT2D eigenvalue weighted by molar-refractivity contribution is -0.126. The summed E-state index contributed by atoms with van der Waals surface area (Å²) in [6.45, 7) is 3.47. The number of benzene rings is 2. The molecule has 1 fully saturated rings. The summed E-state index contributed by atoms with van der Waals surface area (Å²) in [5.41, 5.74) is 12.6. The van der Waals surface area contributed by atoms with E-state index in [4.69, 9.17) is 20.9 Å². The van der Waals surface area contributed by atoms with Crippen LogP contribution in [-0.2, 0) is 16.1 Å². The summed E-state index contributed by atoms with van der Waals surface area (Å²) in [7, 11) is 0. The molecule has 11 heteroatoms. The Morgan fingerprint density at radius 1 is 1.18 bits per heavy atom. The van der Waals surface area contributed by atoms with Crippen molar-refractivity contribution in [3.63, 3.8) is 0 Å². The maximum absolute atomic E-state index is 14.0. The van der Waals surface area contributed by atoms with Gasteiger partial charge < -0.3 is 31.2 Å². The molecule has 1 aliphatic heterocycles. The molecule has 0 saturated carbocycles. The first-order chi connectivity index (χ1) is 18.4. The van der Waals surface area contributed by atoms with Gasteiger partial charge in [-0.25, -0.2) is 0 Å². The number of nitrogens with one attached hydrogen (secondary N) is 1. The Balaban J connectivity index is 1.74. The van der Waals surface area contributed by atoms with Crippen molar-refractivity contribution in [2.75, 3.05) is 25.5 Å². The van der Waals surface area contributed by atoms with Crippen molar-refractivity contribution >= 4 is 34.9 Å². The van der Waals surface area contributed by atoms with Gasteiger partial charge in [-0.2, -0.15) is 4.37 Å². The van der Waals surface area contributed by atoms with Crippen molar-refractivity contribution in [2.45, 2.75) is 38.5 Å². The maximum atomic E-state index is 14.0. The monoisotopic (exact) mass is 537 g/mol. The summed E-state index contributed by atoms with van der Waals surface area (Å²) in [4.78, 5) is 41.0. The minimum Gasteiger partial charge on any atom is -0.494 e. The van der Waals surface area contributed by atoms with E-state index in [1.807, 2.05) is 37.3 Å². The number of amides is 3. The van der Waals surface area contributed by atoms with E-state index in [1.54, 1.807) is 24.3 Å². The standard InChI is InChI=1S/C27H31N5O5S/c1-2-36-19-12-10-18(11-13-19)23(26(34)30-15-20-9-6-14-37-20)32(16-17-7-4-3-5-8-17)27(35)24-21(28)22(25(29)33)31-38-24/h3-5,7-8,10-13,20,23H,2,6,9,14-16,28H2,1H3,(H2,29,33)(H,30,34)/t20-,23+/m1/s1. The molecule has 1 aromatic heterocycles. The average Bonchev–Trinajstić information content (AvgIpc) is 3.58. The van der Waals surface area contributed by atoms with Crippen LogP contribution in [0.2, 0.25) is 0 Å². The molecule has 1 aliphatic rings. The van der Waals surface area contributed by atoms with E-state index < -0.39 is 17.9 Å². The first-order valence-electron chi connectivity index (χ1n) is 12.4. The summed E-state index contributed by atoms with van der Waals surface area (Å²) in [6, 6.07) is 15.3. The van der Waals surface area contributed by atoms with Gasteiger partial charge in [-0.3, -0.25) is 14.4 Å². The zero-order valence-corrected chi connectivity index (χ0v) is 21.9. The molecular weight excluding hydrogens is 506 g/mol. The SMILES string of the molecule is CCOc1ccc([C@@H](C(=O)NC[C@H]2CCCO2)N(Cc2ccccc2)C(=O)c2snc(C(N)=O)c2N)cc1. The third kappa shape index (κ3) is 6.29. The number of hydrogen-bond donors (Lipinski definition) is 3. The summed E-state index contributed by atoms with van der Waals surface area (Å²) < 4.78 is 15.2. The maximum Gasteiger partial charge on any atom is 0.270 e. The van der Waals surface area contributed by atoms with Crippen LogP contribution in [0.5, 0.6) is 5.75 Å². The Hall–Kier alpha value is -3.96. The molecule has 200 valence electrons. The summed E-state index contributed by atoms with van der Waals surface area (Å²) in [5, 5.41) is 2.97. The van der Waals surface area contributed by atoms with Crippen LogP contribution in [0.3, 0.4) is 0 Å². The van der Waals surface area contributed by atoms with E-state index in [2.05, 4.69) is 9.69 Å². The predicted octanol–water partition coefficient (Wildman–Crippen LogP) is 2.90. The molecule has 2 heterocycles. The Labute approximate surface area is 225 Å². The highest BCUT2D eigenvalue weighted by Gasteiger charge is 2.35. The van der Waals surface area contributed by atoms with Crippen molar-refractivity contribution in [1.82, 2.24) is 14.6 Å². The molecule has 5 N–H and O–H groups in total. The van der Waals surface area contributed by atoms with Gasteiger partial charge in [0.05, 0.1) is 18.4 Å². The lowest BCUT2D eigenvalue weighted by atomic mass is 10.0. The Morgan fingerprint density at radius 3 is 2.53 bits per heavy atom. The number of primary amides is 1. The van der Waals surface area contributed by atoms with Gasteiger partial charge in [0.15, 0.2) is 5.69 Å². The molecule has 3 amide bonds. The third-order valence-electron chi connectivity index (χ3n) is 6.21. The number of hydrogen-bond acceptors (Lipinski definition) is 8. The largest absolute Gasteiger partial charge is 0.494 e. The van der Waals surface area contributed by atoms with E-state index in [-0.39, 0.29) is 34.8 Å². The van der Waals surface area contributed by atoms with Crippen LogP contribution in [0, 0.1) is 0 Å². The van der Waals surface area contributed by atoms with Crippen LogP contribution in [-0.4, -0.2) is 52.9 Å². The van der Waals surface area contributed by atoms with Crippen LogP contribution in [0.25, 0.3) is 0 Å². The molecule has 0 aliphatic carbocycles. The Bertz CT molecular complexity index is 1260. The van der Waals surface area contributed by atoms with Gasteiger partial charge in [-0.05, 0) is 54.6 Å². The molecule has 10 nitrogen and oxygen atoms in total. The fourth-order valence-electron chi connectivity index (χ4n) is 4.32. The second-order valence-electron chi connectivity index (χ2n) is 8.84. The normalized spacial score (nSPS) is 15.6. The highest BCUT2D eigenvalue weighted by Crippen LogP contribution is 2.31. The highest BCUT2D eigenvalue weighted by atomic mass is 32.1. The number of nitrogen functional groups attached to an aromatic ring is 1. The lowest BCUT2D eigenvalue weighted by Gasteiger charge is -2.31. The topological polar surface area (TPSA) is 150 Å². The van der Waals surface area contributed by atoms with Gasteiger partial charge in [-0.1, -0.05) is 42.5 Å². The molecule has 0 spiro atoms. The zero-order chi connectivity index (χ0) is 27.1. The highest BCUT2D eigenvalue weighted by molar-refractivity contribution is 7.09. The van der Waals surface area contributed by atoms with E-state index in [1.165, 1.54) is 4.90 Å². The van der Waals surface area contributed by atoms with Crippen LogP contribution in [0.1, 0.15) is 57.1 Å². The molecule has 2 aromatic carbocycles. The first kappa shape index (κ1) is 27.1. The second-order valence-corrected chi connectivity index (χ2v) is 9.62. The van der Waals surface area contributed by atoms with Crippen molar-refractivity contribution in [1.29, 1.82) is 0 Å². The van der Waals surface area contributed by atoms with E-state index in [9.17, 15) is 14.4 Å². The Morgan fingerprint density at radius 2 is 1.92 bits per heavy atom. The van der Waals surface area contributed by atoms with Gasteiger partial charge in [0.25, 0.3) is 11.8 Å².